The average molecular weight is 347 g/mol. The van der Waals surface area contributed by atoms with Gasteiger partial charge >= 0.3 is 0 Å². The number of nitrogens with zero attached hydrogens (tertiary/aromatic N) is 3. The van der Waals surface area contributed by atoms with Crippen LogP contribution in [0.4, 0.5) is 0 Å². The van der Waals surface area contributed by atoms with Crippen molar-refractivity contribution in [2.24, 2.45) is 5.92 Å². The van der Waals surface area contributed by atoms with Crippen LogP contribution < -0.4 is 4.74 Å². The van der Waals surface area contributed by atoms with Gasteiger partial charge in [0.1, 0.15) is 12.4 Å². The summed E-state index contributed by atoms with van der Waals surface area (Å²) in [7, 11) is 5.98. The van der Waals surface area contributed by atoms with Gasteiger partial charge in [-0.2, -0.15) is 0 Å². The standard InChI is InChI=1S/C19H29N3O3/c1-20(2)8-9-25-18-7-5-4-6-15(18)10-22-11-16-13-24-14-17(12-22)21(3)19(16)23/h4-7,16-17H,8-14H2,1-3H3/t16-,17+/m1/s1. The molecule has 1 amide bonds. The van der Waals surface area contributed by atoms with Crippen molar-refractivity contribution in [3.8, 4) is 5.75 Å². The van der Waals surface area contributed by atoms with Crippen molar-refractivity contribution in [1.29, 1.82) is 0 Å². The molecule has 0 spiro atoms. The molecule has 0 aromatic heterocycles. The first-order valence-electron chi connectivity index (χ1n) is 8.97. The minimum Gasteiger partial charge on any atom is -0.492 e. The molecule has 2 saturated heterocycles. The van der Waals surface area contributed by atoms with Crippen molar-refractivity contribution in [3.63, 3.8) is 0 Å². The SMILES string of the molecule is CN(C)CCOc1ccccc1CN1C[C@@H]2COC[C@H](C1)N(C)C2=O. The molecule has 0 N–H and O–H groups in total. The van der Waals surface area contributed by atoms with E-state index < -0.39 is 0 Å². The van der Waals surface area contributed by atoms with Gasteiger partial charge in [-0.1, -0.05) is 18.2 Å². The van der Waals surface area contributed by atoms with Gasteiger partial charge in [0.05, 0.1) is 25.2 Å². The molecule has 1 aromatic carbocycles. The summed E-state index contributed by atoms with van der Waals surface area (Å²) in [6, 6.07) is 8.34. The average Bonchev–Trinajstić information content (AvgIpc) is 2.75. The fraction of sp³-hybridized carbons (Fsp3) is 0.632. The molecule has 2 aliphatic heterocycles. The highest BCUT2D eigenvalue weighted by Gasteiger charge is 2.37. The summed E-state index contributed by atoms with van der Waals surface area (Å²) >= 11 is 0. The van der Waals surface area contributed by atoms with Crippen LogP contribution in [0.15, 0.2) is 24.3 Å². The lowest BCUT2D eigenvalue weighted by molar-refractivity contribution is -0.133. The van der Waals surface area contributed by atoms with Crippen molar-refractivity contribution < 1.29 is 14.3 Å². The maximum atomic E-state index is 12.5. The Hall–Kier alpha value is -1.63. The van der Waals surface area contributed by atoms with Crippen LogP contribution in [0.1, 0.15) is 5.56 Å². The number of ether oxygens (including phenoxy) is 2. The van der Waals surface area contributed by atoms with Crippen LogP contribution in [0, 0.1) is 5.92 Å². The third-order valence-corrected chi connectivity index (χ3v) is 4.98. The Morgan fingerprint density at radius 3 is 2.84 bits per heavy atom. The second-order valence-electron chi connectivity index (χ2n) is 7.29. The van der Waals surface area contributed by atoms with Crippen LogP contribution in [0.5, 0.6) is 5.75 Å². The summed E-state index contributed by atoms with van der Waals surface area (Å²) < 4.78 is 11.7. The van der Waals surface area contributed by atoms with Crippen molar-refractivity contribution in [2.45, 2.75) is 12.6 Å². The molecule has 3 rings (SSSR count). The van der Waals surface area contributed by atoms with Crippen LogP contribution in [0.2, 0.25) is 0 Å². The van der Waals surface area contributed by atoms with Gasteiger partial charge in [-0.15, -0.1) is 0 Å². The first-order valence-corrected chi connectivity index (χ1v) is 8.97. The Morgan fingerprint density at radius 2 is 2.04 bits per heavy atom. The smallest absolute Gasteiger partial charge is 0.229 e. The number of para-hydroxylation sites is 1. The molecule has 6 nitrogen and oxygen atoms in total. The number of amides is 1. The van der Waals surface area contributed by atoms with Crippen LogP contribution in [-0.4, -0.2) is 87.2 Å². The highest BCUT2D eigenvalue weighted by Crippen LogP contribution is 2.24. The number of hydrogen-bond acceptors (Lipinski definition) is 5. The van der Waals surface area contributed by atoms with E-state index in [1.807, 2.05) is 44.2 Å². The predicted molar refractivity (Wildman–Crippen MR) is 96.6 cm³/mol. The maximum Gasteiger partial charge on any atom is 0.229 e. The second kappa shape index (κ2) is 8.17. The van der Waals surface area contributed by atoms with Crippen molar-refractivity contribution in [2.75, 3.05) is 60.6 Å². The molecule has 25 heavy (non-hydrogen) atoms. The minimum atomic E-state index is -0.0701. The zero-order valence-electron chi connectivity index (χ0n) is 15.5. The number of benzene rings is 1. The van der Waals surface area contributed by atoms with E-state index in [1.165, 1.54) is 5.56 Å². The lowest BCUT2D eigenvalue weighted by Crippen LogP contribution is -2.42. The van der Waals surface area contributed by atoms with Gasteiger partial charge in [-0.25, -0.2) is 0 Å². The molecular formula is C19H29N3O3. The zero-order valence-corrected chi connectivity index (χ0v) is 15.5. The van der Waals surface area contributed by atoms with E-state index in [2.05, 4.69) is 15.9 Å². The predicted octanol–water partition coefficient (Wildman–Crippen LogP) is 0.916. The van der Waals surface area contributed by atoms with E-state index >= 15 is 0 Å². The van der Waals surface area contributed by atoms with E-state index in [1.54, 1.807) is 0 Å². The largest absolute Gasteiger partial charge is 0.492 e. The van der Waals surface area contributed by atoms with Crippen LogP contribution >= 0.6 is 0 Å². The molecule has 0 unspecified atom stereocenters. The molecule has 2 atom stereocenters. The van der Waals surface area contributed by atoms with E-state index in [0.29, 0.717) is 19.8 Å². The quantitative estimate of drug-likeness (QED) is 0.766. The van der Waals surface area contributed by atoms with E-state index in [-0.39, 0.29) is 17.9 Å². The highest BCUT2D eigenvalue weighted by molar-refractivity contribution is 5.79. The molecule has 0 aliphatic carbocycles. The summed E-state index contributed by atoms with van der Waals surface area (Å²) in [6.45, 7) is 5.08. The van der Waals surface area contributed by atoms with Gasteiger partial charge in [0.2, 0.25) is 5.91 Å². The summed E-state index contributed by atoms with van der Waals surface area (Å²) in [5.74, 6) is 1.08. The fourth-order valence-corrected chi connectivity index (χ4v) is 3.47. The molecule has 2 bridgehead atoms. The monoisotopic (exact) mass is 347 g/mol. The summed E-state index contributed by atoms with van der Waals surface area (Å²) in [5.41, 5.74) is 1.18. The van der Waals surface area contributed by atoms with E-state index in [4.69, 9.17) is 9.47 Å². The molecular weight excluding hydrogens is 318 g/mol. The van der Waals surface area contributed by atoms with Crippen molar-refractivity contribution >= 4 is 5.91 Å². The van der Waals surface area contributed by atoms with Gasteiger partial charge in [0.25, 0.3) is 0 Å². The van der Waals surface area contributed by atoms with Crippen LogP contribution in [-0.2, 0) is 16.1 Å². The van der Waals surface area contributed by atoms with Gasteiger partial charge in [-0.05, 0) is 20.2 Å². The number of hydrogen-bond donors (Lipinski definition) is 0. The normalized spacial score (nSPS) is 24.5. The number of rotatable bonds is 6. The Balaban J connectivity index is 1.69. The molecule has 138 valence electrons. The minimum absolute atomic E-state index is 0.0701. The second-order valence-corrected chi connectivity index (χ2v) is 7.29. The Bertz CT molecular complexity index is 593. The van der Waals surface area contributed by atoms with Gasteiger partial charge in [-0.3, -0.25) is 9.69 Å². The van der Waals surface area contributed by atoms with E-state index in [9.17, 15) is 4.79 Å². The molecule has 2 fully saturated rings. The Morgan fingerprint density at radius 1 is 1.24 bits per heavy atom. The molecule has 1 aromatic rings. The Labute approximate surface area is 150 Å². The zero-order chi connectivity index (χ0) is 17.8. The van der Waals surface area contributed by atoms with E-state index in [0.717, 1.165) is 31.9 Å². The first-order chi connectivity index (χ1) is 12.0. The van der Waals surface area contributed by atoms with Gasteiger partial charge < -0.3 is 19.3 Å². The molecule has 2 heterocycles. The fourth-order valence-electron chi connectivity index (χ4n) is 3.47. The third-order valence-electron chi connectivity index (χ3n) is 4.98. The molecule has 0 radical (unpaired) electrons. The Kier molecular flexibility index (Phi) is 5.93. The summed E-state index contributed by atoms with van der Waals surface area (Å²) in [5, 5.41) is 0. The molecule has 0 saturated carbocycles. The number of carbonyl (C=O) groups excluding carboxylic acids is 1. The van der Waals surface area contributed by atoms with Gasteiger partial charge in [0.15, 0.2) is 0 Å². The summed E-state index contributed by atoms with van der Waals surface area (Å²) in [6.07, 6.45) is 0. The summed E-state index contributed by atoms with van der Waals surface area (Å²) in [4.78, 5) is 18.8. The lowest BCUT2D eigenvalue weighted by Gasteiger charge is -2.29. The third kappa shape index (κ3) is 4.51. The van der Waals surface area contributed by atoms with Crippen LogP contribution in [0.25, 0.3) is 0 Å². The number of likely N-dealkylation sites (N-methyl/N-ethyl adjacent to an activating group) is 2. The maximum absolute atomic E-state index is 12.5. The highest BCUT2D eigenvalue weighted by atomic mass is 16.5. The van der Waals surface area contributed by atoms with Gasteiger partial charge in [0, 0.05) is 38.8 Å². The van der Waals surface area contributed by atoms with Crippen molar-refractivity contribution in [3.05, 3.63) is 29.8 Å². The van der Waals surface area contributed by atoms with Crippen molar-refractivity contribution in [1.82, 2.24) is 14.7 Å². The van der Waals surface area contributed by atoms with Crippen LogP contribution in [0.3, 0.4) is 0 Å². The number of carbonyl (C=O) groups is 1. The molecule has 2 aliphatic rings. The number of fused-ring (bicyclic) bond motifs is 3. The topological polar surface area (TPSA) is 45.2 Å². The first kappa shape index (κ1) is 18.2. The molecule has 6 heteroatoms. The lowest BCUT2D eigenvalue weighted by atomic mass is 10.1.